The number of aryl methyl sites for hydroxylation is 1. The molecule has 0 atom stereocenters. The van der Waals surface area contributed by atoms with Crippen LogP contribution in [-0.4, -0.2) is 47.4 Å². The Bertz CT molecular complexity index is 1350. The van der Waals surface area contributed by atoms with Crippen molar-refractivity contribution in [1.29, 1.82) is 0 Å². The van der Waals surface area contributed by atoms with Crippen LogP contribution in [0.3, 0.4) is 0 Å². The lowest BCUT2D eigenvalue weighted by Gasteiger charge is -2.24. The van der Waals surface area contributed by atoms with Gasteiger partial charge in [-0.1, -0.05) is 17.7 Å². The first kappa shape index (κ1) is 27.5. The van der Waals surface area contributed by atoms with Crippen molar-refractivity contribution in [2.45, 2.75) is 25.7 Å². The molecule has 0 aliphatic rings. The van der Waals surface area contributed by atoms with Gasteiger partial charge < -0.3 is 14.2 Å². The summed E-state index contributed by atoms with van der Waals surface area (Å²) < 4.78 is 44.3. The fraction of sp³-hybridized carbons (Fsp3) is 0.259. The molecule has 0 heterocycles. The van der Waals surface area contributed by atoms with Gasteiger partial charge in [0.1, 0.15) is 12.3 Å². The molecule has 0 aliphatic heterocycles. The quantitative estimate of drug-likeness (QED) is 0.298. The second-order valence-corrected chi connectivity index (χ2v) is 9.92. The van der Waals surface area contributed by atoms with Crippen LogP contribution >= 0.6 is 0 Å². The van der Waals surface area contributed by atoms with Crippen molar-refractivity contribution in [1.82, 2.24) is 5.43 Å². The molecule has 0 spiro atoms. The highest BCUT2D eigenvalue weighted by atomic mass is 32.2. The Morgan fingerprint density at radius 3 is 2.19 bits per heavy atom. The van der Waals surface area contributed by atoms with E-state index in [1.54, 1.807) is 31.2 Å². The zero-order valence-electron chi connectivity index (χ0n) is 21.5. The Labute approximate surface area is 217 Å². The number of anilines is 1. The van der Waals surface area contributed by atoms with Crippen LogP contribution < -0.4 is 23.9 Å². The summed E-state index contributed by atoms with van der Waals surface area (Å²) in [4.78, 5) is 13.0. The first-order valence-corrected chi connectivity index (χ1v) is 13.0. The summed E-state index contributed by atoms with van der Waals surface area (Å²) in [5.74, 6) is 0.874. The number of nitrogens with zero attached hydrogens (tertiary/aromatic N) is 2. The lowest BCUT2D eigenvalue weighted by Crippen LogP contribution is -2.39. The van der Waals surface area contributed by atoms with E-state index in [1.165, 1.54) is 32.4 Å². The van der Waals surface area contributed by atoms with Gasteiger partial charge in [-0.15, -0.1) is 0 Å². The van der Waals surface area contributed by atoms with Gasteiger partial charge in [0.25, 0.3) is 15.9 Å². The average molecular weight is 526 g/mol. The van der Waals surface area contributed by atoms with Crippen LogP contribution in [0.15, 0.2) is 76.7 Å². The van der Waals surface area contributed by atoms with Crippen LogP contribution in [0.2, 0.25) is 0 Å². The van der Waals surface area contributed by atoms with Gasteiger partial charge in [-0.3, -0.25) is 9.10 Å². The van der Waals surface area contributed by atoms with E-state index >= 15 is 0 Å². The summed E-state index contributed by atoms with van der Waals surface area (Å²) in [6.07, 6.45) is 0. The number of methoxy groups -OCH3 is 2. The van der Waals surface area contributed by atoms with Gasteiger partial charge in [0, 0.05) is 6.07 Å². The Morgan fingerprint density at radius 2 is 1.59 bits per heavy atom. The molecular formula is C27H31N3O6S. The van der Waals surface area contributed by atoms with Crippen LogP contribution in [-0.2, 0) is 14.8 Å². The minimum absolute atomic E-state index is 0.0507. The Hall–Kier alpha value is -4.05. The first-order valence-electron chi connectivity index (χ1n) is 11.6. The van der Waals surface area contributed by atoms with E-state index in [1.807, 2.05) is 38.1 Å². The van der Waals surface area contributed by atoms with Gasteiger partial charge in [0.15, 0.2) is 11.5 Å². The zero-order chi connectivity index (χ0) is 27.0. The van der Waals surface area contributed by atoms with Gasteiger partial charge in [0.2, 0.25) is 0 Å². The molecule has 0 radical (unpaired) electrons. The monoisotopic (exact) mass is 525 g/mol. The molecule has 0 bridgehead atoms. The van der Waals surface area contributed by atoms with Crippen molar-refractivity contribution >= 4 is 27.3 Å². The maximum Gasteiger partial charge on any atom is 0.264 e. The summed E-state index contributed by atoms with van der Waals surface area (Å²) in [6, 6.07) is 18.3. The van der Waals surface area contributed by atoms with E-state index in [-0.39, 0.29) is 10.6 Å². The number of amides is 1. The SMILES string of the molecule is CCOc1ccc(/C(C)=N\NC(=O)CN(c2ccc(OC)c(OC)c2)S(=O)(=O)c2ccc(C)cc2)cc1. The largest absolute Gasteiger partial charge is 0.494 e. The lowest BCUT2D eigenvalue weighted by atomic mass is 10.1. The summed E-state index contributed by atoms with van der Waals surface area (Å²) in [6.45, 7) is 5.56. The van der Waals surface area contributed by atoms with Crippen LogP contribution in [0.4, 0.5) is 5.69 Å². The molecule has 0 aliphatic carbocycles. The lowest BCUT2D eigenvalue weighted by molar-refractivity contribution is -0.119. The van der Waals surface area contributed by atoms with Gasteiger partial charge in [-0.2, -0.15) is 5.10 Å². The molecule has 0 unspecified atom stereocenters. The number of ether oxygens (including phenoxy) is 3. The van der Waals surface area contributed by atoms with E-state index in [0.29, 0.717) is 23.8 Å². The van der Waals surface area contributed by atoms with E-state index in [2.05, 4.69) is 10.5 Å². The second-order valence-electron chi connectivity index (χ2n) is 8.05. The third kappa shape index (κ3) is 6.79. The highest BCUT2D eigenvalue weighted by Crippen LogP contribution is 2.33. The molecule has 10 heteroatoms. The van der Waals surface area contributed by atoms with Crippen molar-refractivity contribution in [3.63, 3.8) is 0 Å². The van der Waals surface area contributed by atoms with Crippen molar-refractivity contribution < 1.29 is 27.4 Å². The first-order chi connectivity index (χ1) is 17.7. The van der Waals surface area contributed by atoms with Crippen LogP contribution in [0.25, 0.3) is 0 Å². The molecule has 9 nitrogen and oxygen atoms in total. The summed E-state index contributed by atoms with van der Waals surface area (Å²) >= 11 is 0. The minimum Gasteiger partial charge on any atom is -0.494 e. The number of carbonyl (C=O) groups is 1. The Balaban J connectivity index is 1.89. The number of sulfonamides is 1. The third-order valence-corrected chi connectivity index (χ3v) is 7.27. The highest BCUT2D eigenvalue weighted by Gasteiger charge is 2.28. The molecule has 0 saturated heterocycles. The molecule has 3 aromatic carbocycles. The zero-order valence-corrected chi connectivity index (χ0v) is 22.3. The van der Waals surface area contributed by atoms with Gasteiger partial charge in [-0.05, 0) is 74.9 Å². The minimum atomic E-state index is -4.10. The standard InChI is InChI=1S/C27H31N3O6S/c1-6-36-23-12-9-21(10-13-23)20(3)28-29-27(31)18-30(22-11-16-25(34-4)26(17-22)35-5)37(32,33)24-14-7-19(2)8-15-24/h7-17H,6,18H2,1-5H3,(H,29,31)/b28-20-. The van der Waals surface area contributed by atoms with Crippen LogP contribution in [0.1, 0.15) is 25.0 Å². The number of hydrogen-bond acceptors (Lipinski definition) is 7. The molecule has 1 amide bonds. The van der Waals surface area contributed by atoms with Gasteiger partial charge in [0.05, 0.1) is 37.1 Å². The van der Waals surface area contributed by atoms with Crippen LogP contribution in [0, 0.1) is 6.92 Å². The van der Waals surface area contributed by atoms with E-state index < -0.39 is 22.5 Å². The van der Waals surface area contributed by atoms with E-state index in [0.717, 1.165) is 21.2 Å². The number of nitrogens with one attached hydrogen (secondary N) is 1. The fourth-order valence-corrected chi connectivity index (χ4v) is 4.88. The van der Waals surface area contributed by atoms with Crippen molar-refractivity contribution in [3.05, 3.63) is 77.9 Å². The Kier molecular flexibility index (Phi) is 9.13. The maximum absolute atomic E-state index is 13.6. The van der Waals surface area contributed by atoms with Crippen LogP contribution in [0.5, 0.6) is 17.2 Å². The summed E-state index contributed by atoms with van der Waals surface area (Å²) in [5, 5.41) is 4.15. The van der Waals surface area contributed by atoms with Gasteiger partial charge >= 0.3 is 0 Å². The number of hydrogen-bond donors (Lipinski definition) is 1. The van der Waals surface area contributed by atoms with Crippen molar-refractivity contribution in [2.24, 2.45) is 5.10 Å². The van der Waals surface area contributed by atoms with E-state index in [9.17, 15) is 13.2 Å². The summed E-state index contributed by atoms with van der Waals surface area (Å²) in [7, 11) is -1.17. The number of carbonyl (C=O) groups excluding carboxylic acids is 1. The predicted molar refractivity (Wildman–Crippen MR) is 143 cm³/mol. The highest BCUT2D eigenvalue weighted by molar-refractivity contribution is 7.92. The normalized spacial score (nSPS) is 11.5. The molecule has 0 aromatic heterocycles. The molecule has 3 rings (SSSR count). The molecule has 37 heavy (non-hydrogen) atoms. The third-order valence-electron chi connectivity index (χ3n) is 5.48. The molecule has 0 fully saturated rings. The maximum atomic E-state index is 13.6. The molecule has 3 aromatic rings. The molecule has 196 valence electrons. The van der Waals surface area contributed by atoms with Crippen molar-refractivity contribution in [2.75, 3.05) is 31.7 Å². The number of benzene rings is 3. The summed E-state index contributed by atoms with van der Waals surface area (Å²) in [5.41, 5.74) is 4.94. The second kappa shape index (κ2) is 12.3. The molecular weight excluding hydrogens is 494 g/mol. The molecule has 0 saturated carbocycles. The topological polar surface area (TPSA) is 107 Å². The van der Waals surface area contributed by atoms with E-state index in [4.69, 9.17) is 14.2 Å². The average Bonchev–Trinajstić information content (AvgIpc) is 2.90. The van der Waals surface area contributed by atoms with Crippen molar-refractivity contribution in [3.8, 4) is 17.2 Å². The molecule has 1 N–H and O–H groups in total. The predicted octanol–water partition coefficient (Wildman–Crippen LogP) is 4.15. The fourth-order valence-electron chi connectivity index (χ4n) is 3.47. The number of rotatable bonds is 11. The smallest absolute Gasteiger partial charge is 0.264 e. The Morgan fingerprint density at radius 1 is 0.946 bits per heavy atom. The van der Waals surface area contributed by atoms with Gasteiger partial charge in [-0.25, -0.2) is 13.8 Å². The number of hydrazone groups is 1.